The molecule has 1 unspecified atom stereocenters. The van der Waals surface area contributed by atoms with Crippen molar-refractivity contribution in [3.63, 3.8) is 0 Å². The number of amides is 4. The Morgan fingerprint density at radius 2 is 1.74 bits per heavy atom. The van der Waals surface area contributed by atoms with Crippen molar-refractivity contribution < 1.29 is 38.5 Å². The van der Waals surface area contributed by atoms with Crippen LogP contribution < -0.4 is 15.4 Å². The van der Waals surface area contributed by atoms with Crippen LogP contribution in [0.5, 0.6) is 5.75 Å². The molecule has 1 aliphatic carbocycles. The first-order valence-corrected chi connectivity index (χ1v) is 24.8. The van der Waals surface area contributed by atoms with Crippen molar-refractivity contribution in [2.75, 3.05) is 26.4 Å². The summed E-state index contributed by atoms with van der Waals surface area (Å²) in [5.41, 5.74) is 5.87. The Morgan fingerprint density at radius 1 is 1.03 bits per heavy atom. The molecule has 4 aromatic rings. The number of aromatic nitrogens is 1. The number of aryl methyl sites for hydroxylation is 1. The molecule has 5 atom stereocenters. The zero-order chi connectivity index (χ0) is 50.9. The van der Waals surface area contributed by atoms with Gasteiger partial charge >= 0.3 is 0 Å². The minimum Gasteiger partial charge on any atom is -0.489 e. The molecule has 1 saturated heterocycles. The first-order valence-electron chi connectivity index (χ1n) is 23.6. The van der Waals surface area contributed by atoms with E-state index >= 15 is 0 Å². The van der Waals surface area contributed by atoms with Gasteiger partial charge < -0.3 is 39.8 Å². The Balaban J connectivity index is 0.864. The molecule has 2 aliphatic heterocycles. The number of rotatable bonds is 15. The van der Waals surface area contributed by atoms with Crippen LogP contribution in [0.25, 0.3) is 15.3 Å². The lowest BCUT2D eigenvalue weighted by Gasteiger charge is -2.65. The second-order valence-corrected chi connectivity index (χ2v) is 22.1. The van der Waals surface area contributed by atoms with E-state index in [9.17, 15) is 24.3 Å². The fourth-order valence-electron chi connectivity index (χ4n) is 10.5. The maximum atomic E-state index is 14.1. The summed E-state index contributed by atoms with van der Waals surface area (Å²) in [5.74, 6) is 5.48. The Bertz CT molecular complexity index is 2720. The van der Waals surface area contributed by atoms with Gasteiger partial charge in [-0.1, -0.05) is 102 Å². The molecule has 4 amide bonds. The zero-order valence-electron chi connectivity index (χ0n) is 41.5. The van der Waals surface area contributed by atoms with Crippen LogP contribution >= 0.6 is 22.9 Å². The Kier molecular flexibility index (Phi) is 15.5. The SMILES string of the molecule is [C-]#[N+]c1ccc(OC2C(C)(C)C(N3Cc4cc(C#CC(C)OCCOCC(=O)N[C@H](C(=O)N5C[C@H](O)C[C@H]5C(=O)N[C@@H](C)c5ccc(-c6scnc6C)cc5)C(C)(C)C)ccc4C3=O)C2(C)C)cc1Cl. The highest BCUT2D eigenvalue weighted by Crippen LogP contribution is 2.59. The van der Waals surface area contributed by atoms with E-state index in [1.54, 1.807) is 29.5 Å². The third-order valence-corrected chi connectivity index (χ3v) is 14.9. The van der Waals surface area contributed by atoms with Crippen molar-refractivity contribution in [1.82, 2.24) is 25.4 Å². The van der Waals surface area contributed by atoms with Gasteiger partial charge in [-0.2, -0.15) is 0 Å². The molecule has 0 spiro atoms. The number of nitrogens with one attached hydrogen (secondary N) is 2. The van der Waals surface area contributed by atoms with Crippen LogP contribution in [0.2, 0.25) is 5.02 Å². The Labute approximate surface area is 420 Å². The molecule has 3 aromatic carbocycles. The van der Waals surface area contributed by atoms with E-state index in [1.165, 1.54) is 4.90 Å². The summed E-state index contributed by atoms with van der Waals surface area (Å²) in [5, 5.41) is 16.8. The summed E-state index contributed by atoms with van der Waals surface area (Å²) in [6, 6.07) is 16.2. The number of thiazole rings is 1. The van der Waals surface area contributed by atoms with Crippen LogP contribution in [0.15, 0.2) is 66.2 Å². The van der Waals surface area contributed by atoms with Gasteiger partial charge in [-0.25, -0.2) is 9.83 Å². The van der Waals surface area contributed by atoms with Gasteiger partial charge in [0, 0.05) is 47.5 Å². The van der Waals surface area contributed by atoms with E-state index in [0.29, 0.717) is 28.6 Å². The summed E-state index contributed by atoms with van der Waals surface area (Å²) in [6.45, 7) is 27.2. The van der Waals surface area contributed by atoms with Crippen molar-refractivity contribution >= 4 is 52.3 Å². The first-order chi connectivity index (χ1) is 33.0. The van der Waals surface area contributed by atoms with Gasteiger partial charge in [-0.15, -0.1) is 11.3 Å². The van der Waals surface area contributed by atoms with Gasteiger partial charge in [0.25, 0.3) is 5.91 Å². The molecule has 16 heteroatoms. The second kappa shape index (κ2) is 20.9. The number of carbonyl (C=O) groups excluding carboxylic acids is 4. The number of benzene rings is 3. The topological polar surface area (TPSA) is 164 Å². The van der Waals surface area contributed by atoms with Crippen LogP contribution in [0.3, 0.4) is 0 Å². The number of hydrogen-bond acceptors (Lipinski definition) is 10. The summed E-state index contributed by atoms with van der Waals surface area (Å²) < 4.78 is 18.0. The number of β-amino-alcohol motifs (C(OH)–C–C–N with tert-alkyl or cyclic N) is 1. The maximum absolute atomic E-state index is 14.1. The smallest absolute Gasteiger partial charge is 0.254 e. The molecule has 0 bridgehead atoms. The lowest BCUT2D eigenvalue weighted by Crippen LogP contribution is -2.74. The lowest BCUT2D eigenvalue weighted by molar-refractivity contribution is -0.199. The predicted molar refractivity (Wildman–Crippen MR) is 269 cm³/mol. The highest BCUT2D eigenvalue weighted by Gasteiger charge is 2.67. The molecule has 2 fully saturated rings. The van der Waals surface area contributed by atoms with Crippen molar-refractivity contribution in [3.8, 4) is 28.0 Å². The standard InChI is InChI=1S/C54H63ClN6O8S/c1-31(12-13-34-14-20-40-37(24-34)27-61(48(40)65)50-53(7,8)51(54(50,9)10)69-39-19-21-42(56-11)41(55)26-39)68-23-22-67-29-44(63)59-46(52(4,5)6)49(66)60-28-38(62)25-43(60)47(64)58-32(2)35-15-17-36(18-16-35)45-33(3)57-30-70-45/h14-21,24,26,30-32,38,43,46,50-51,62H,22-23,25,27-29H2,1-10H3,(H,58,64)(H,59,63)/t31?,32-,38+,43-,46+,50?,51?/m0/s1. The highest BCUT2D eigenvalue weighted by molar-refractivity contribution is 7.13. The molecule has 1 saturated carbocycles. The summed E-state index contributed by atoms with van der Waals surface area (Å²) in [4.78, 5) is 66.9. The van der Waals surface area contributed by atoms with Crippen LogP contribution in [-0.4, -0.2) is 106 Å². The van der Waals surface area contributed by atoms with Crippen LogP contribution in [-0.2, 0) is 30.4 Å². The predicted octanol–water partition coefficient (Wildman–Crippen LogP) is 8.30. The van der Waals surface area contributed by atoms with Gasteiger partial charge in [-0.3, -0.25) is 19.2 Å². The fraction of sp³-hybridized carbons (Fsp3) is 0.481. The van der Waals surface area contributed by atoms with Gasteiger partial charge in [0.05, 0.1) is 53.0 Å². The van der Waals surface area contributed by atoms with Crippen LogP contribution in [0.4, 0.5) is 5.69 Å². The van der Waals surface area contributed by atoms with Gasteiger partial charge in [0.2, 0.25) is 23.4 Å². The highest BCUT2D eigenvalue weighted by atomic mass is 35.5. The van der Waals surface area contributed by atoms with E-state index in [-0.39, 0.29) is 73.6 Å². The van der Waals surface area contributed by atoms with Gasteiger partial charge in [-0.05, 0) is 73.2 Å². The number of ether oxygens (including phenoxy) is 3. The molecule has 7 rings (SSSR count). The number of aliphatic hydroxyl groups excluding tert-OH is 1. The molecule has 3 N–H and O–H groups in total. The number of aliphatic hydroxyl groups is 1. The van der Waals surface area contributed by atoms with Crippen LogP contribution in [0.1, 0.15) is 108 Å². The average molecular weight is 992 g/mol. The molecule has 0 radical (unpaired) electrons. The molecule has 70 heavy (non-hydrogen) atoms. The third-order valence-electron chi connectivity index (χ3n) is 13.6. The zero-order valence-corrected chi connectivity index (χ0v) is 43.1. The van der Waals surface area contributed by atoms with E-state index < -0.39 is 41.5 Å². The number of likely N-dealkylation sites (tertiary alicyclic amines) is 1. The number of fused-ring (bicyclic) bond motifs is 1. The molecule has 1 aromatic heterocycles. The van der Waals surface area contributed by atoms with Crippen molar-refractivity contribution in [2.45, 2.75) is 125 Å². The van der Waals surface area contributed by atoms with E-state index in [1.807, 2.05) is 94.4 Å². The van der Waals surface area contributed by atoms with Crippen LogP contribution in [0, 0.1) is 41.6 Å². The third kappa shape index (κ3) is 11.0. The Hall–Kier alpha value is -5.81. The number of hydrogen-bond donors (Lipinski definition) is 3. The quantitative estimate of drug-likeness (QED) is 0.0604. The minimum absolute atomic E-state index is 0.0267. The molecular weight excluding hydrogens is 928 g/mol. The van der Waals surface area contributed by atoms with Crippen molar-refractivity contribution in [2.24, 2.45) is 16.2 Å². The monoisotopic (exact) mass is 990 g/mol. The number of halogens is 1. The molecular formula is C54H63ClN6O8S. The molecule has 14 nitrogen and oxygen atoms in total. The minimum atomic E-state index is -0.998. The molecule has 3 aliphatic rings. The number of nitrogens with zero attached hydrogens (tertiary/aromatic N) is 4. The van der Waals surface area contributed by atoms with Crippen molar-refractivity contribution in [3.05, 3.63) is 111 Å². The molecule has 3 heterocycles. The largest absolute Gasteiger partial charge is 0.489 e. The molecule has 370 valence electrons. The second-order valence-electron chi connectivity index (χ2n) is 20.8. The van der Waals surface area contributed by atoms with Gasteiger partial charge in [0.1, 0.15) is 36.6 Å². The van der Waals surface area contributed by atoms with Crippen molar-refractivity contribution in [1.29, 1.82) is 0 Å². The number of carbonyl (C=O) groups is 4. The maximum Gasteiger partial charge on any atom is 0.254 e. The first kappa shape index (κ1) is 52.0. The summed E-state index contributed by atoms with van der Waals surface area (Å²) in [6.07, 6.45) is -1.49. The Morgan fingerprint density at radius 3 is 2.39 bits per heavy atom. The fourth-order valence-corrected chi connectivity index (χ4v) is 11.6. The summed E-state index contributed by atoms with van der Waals surface area (Å²) >= 11 is 7.87. The lowest BCUT2D eigenvalue weighted by atomic mass is 9.49. The average Bonchev–Trinajstić information content (AvgIpc) is 4.01. The van der Waals surface area contributed by atoms with E-state index in [2.05, 4.69) is 60.0 Å². The normalized spacial score (nSPS) is 21.3. The van der Waals surface area contributed by atoms with E-state index in [0.717, 1.165) is 32.8 Å². The summed E-state index contributed by atoms with van der Waals surface area (Å²) in [7, 11) is 0. The van der Waals surface area contributed by atoms with Gasteiger partial charge in [0.15, 0.2) is 0 Å². The van der Waals surface area contributed by atoms with E-state index in [4.69, 9.17) is 32.4 Å².